The lowest BCUT2D eigenvalue weighted by Gasteiger charge is -2.18. The van der Waals surface area contributed by atoms with Crippen molar-refractivity contribution in [3.63, 3.8) is 0 Å². The summed E-state index contributed by atoms with van der Waals surface area (Å²) in [5, 5.41) is 11.8. The first kappa shape index (κ1) is 20.8. The van der Waals surface area contributed by atoms with E-state index in [4.69, 9.17) is 10.2 Å². The number of nitrogens with zero attached hydrogens (tertiary/aromatic N) is 5. The Bertz CT molecular complexity index is 1150. The van der Waals surface area contributed by atoms with Gasteiger partial charge in [0.1, 0.15) is 5.82 Å². The van der Waals surface area contributed by atoms with Gasteiger partial charge in [0.2, 0.25) is 17.8 Å². The van der Waals surface area contributed by atoms with E-state index < -0.39 is 0 Å². The second-order valence-electron chi connectivity index (χ2n) is 7.91. The first-order valence-corrected chi connectivity index (χ1v) is 10.7. The van der Waals surface area contributed by atoms with Gasteiger partial charge in [0, 0.05) is 11.3 Å². The third-order valence-corrected chi connectivity index (χ3v) is 5.27. The molecule has 0 atom stereocenters. The summed E-state index contributed by atoms with van der Waals surface area (Å²) < 4.78 is 5.80. The highest BCUT2D eigenvalue weighted by molar-refractivity contribution is 7.98. The third kappa shape index (κ3) is 5.37. The van der Waals surface area contributed by atoms with Crippen LogP contribution < -0.4 is 11.1 Å². The van der Waals surface area contributed by atoms with Gasteiger partial charge in [-0.05, 0) is 35.2 Å². The molecule has 0 aliphatic carbocycles. The number of nitrogen functional groups attached to an aromatic ring is 1. The van der Waals surface area contributed by atoms with Crippen molar-refractivity contribution in [1.82, 2.24) is 25.1 Å². The summed E-state index contributed by atoms with van der Waals surface area (Å²) in [5.41, 5.74) is 8.93. The lowest BCUT2D eigenvalue weighted by atomic mass is 9.87. The van der Waals surface area contributed by atoms with Gasteiger partial charge >= 0.3 is 0 Å². The van der Waals surface area contributed by atoms with E-state index in [9.17, 15) is 0 Å². The molecule has 31 heavy (non-hydrogen) atoms. The van der Waals surface area contributed by atoms with Crippen molar-refractivity contribution >= 4 is 29.3 Å². The Morgan fingerprint density at radius 1 is 0.935 bits per heavy atom. The van der Waals surface area contributed by atoms with Crippen molar-refractivity contribution in [1.29, 1.82) is 0 Å². The molecule has 0 spiro atoms. The van der Waals surface area contributed by atoms with Crippen LogP contribution in [0.15, 0.2) is 64.2 Å². The fraction of sp³-hybridized carbons (Fsp3) is 0.227. The van der Waals surface area contributed by atoms with Crippen LogP contribution in [0.1, 0.15) is 32.2 Å². The Morgan fingerprint density at radius 3 is 2.39 bits per heavy atom. The van der Waals surface area contributed by atoms with Crippen LogP contribution in [-0.4, -0.2) is 25.1 Å². The molecule has 0 bridgehead atoms. The molecule has 0 unspecified atom stereocenters. The highest BCUT2D eigenvalue weighted by Gasteiger charge is 2.15. The normalized spacial score (nSPS) is 11.5. The molecule has 0 aliphatic rings. The van der Waals surface area contributed by atoms with E-state index in [0.29, 0.717) is 28.6 Å². The number of anilines is 3. The Labute approximate surface area is 184 Å². The maximum absolute atomic E-state index is 5.84. The number of aromatic nitrogens is 5. The molecular formula is C22H23N7OS. The van der Waals surface area contributed by atoms with Crippen LogP contribution in [0, 0.1) is 0 Å². The highest BCUT2D eigenvalue weighted by atomic mass is 32.2. The molecule has 158 valence electrons. The zero-order valence-electron chi connectivity index (χ0n) is 17.5. The maximum Gasteiger partial charge on any atom is 0.277 e. The molecule has 0 aliphatic heterocycles. The minimum atomic E-state index is 0.0923. The van der Waals surface area contributed by atoms with Gasteiger partial charge in [0.25, 0.3) is 5.22 Å². The average molecular weight is 434 g/mol. The minimum absolute atomic E-state index is 0.0923. The lowest BCUT2D eigenvalue weighted by molar-refractivity contribution is 0.465. The summed E-state index contributed by atoms with van der Waals surface area (Å²) in [6.07, 6.45) is 0. The monoisotopic (exact) mass is 433 g/mol. The van der Waals surface area contributed by atoms with Crippen LogP contribution in [0.5, 0.6) is 0 Å². The van der Waals surface area contributed by atoms with E-state index in [1.54, 1.807) is 0 Å². The Hall–Kier alpha value is -3.46. The zero-order valence-corrected chi connectivity index (χ0v) is 18.3. The van der Waals surface area contributed by atoms with Crippen LogP contribution in [0.4, 0.5) is 17.6 Å². The standard InChI is InChI=1S/C22H23N7OS/c1-22(2,3)15-11-9-14(10-12-15)18-28-29-21(30-18)31-13-17-25-19(23)27-20(26-17)24-16-7-5-4-6-8-16/h4-12H,13H2,1-3H3,(H3,23,24,25,26,27). The molecule has 9 heteroatoms. The number of hydrogen-bond acceptors (Lipinski definition) is 9. The predicted molar refractivity (Wildman–Crippen MR) is 122 cm³/mol. The summed E-state index contributed by atoms with van der Waals surface area (Å²) >= 11 is 1.34. The van der Waals surface area contributed by atoms with Crippen molar-refractivity contribution in [3.8, 4) is 11.5 Å². The minimum Gasteiger partial charge on any atom is -0.411 e. The van der Waals surface area contributed by atoms with Gasteiger partial charge in [-0.3, -0.25) is 0 Å². The number of para-hydroxylation sites is 1. The smallest absolute Gasteiger partial charge is 0.277 e. The van der Waals surface area contributed by atoms with Crippen molar-refractivity contribution in [2.75, 3.05) is 11.1 Å². The summed E-state index contributed by atoms with van der Waals surface area (Å²) in [7, 11) is 0. The molecule has 4 rings (SSSR count). The molecule has 0 saturated heterocycles. The van der Waals surface area contributed by atoms with E-state index in [1.165, 1.54) is 17.3 Å². The molecule has 0 saturated carbocycles. The number of thioether (sulfide) groups is 1. The number of rotatable bonds is 6. The Morgan fingerprint density at radius 2 is 1.68 bits per heavy atom. The van der Waals surface area contributed by atoms with E-state index in [-0.39, 0.29) is 11.4 Å². The third-order valence-electron chi connectivity index (χ3n) is 4.46. The summed E-state index contributed by atoms with van der Waals surface area (Å²) in [6.45, 7) is 6.54. The van der Waals surface area contributed by atoms with Crippen LogP contribution in [-0.2, 0) is 11.2 Å². The van der Waals surface area contributed by atoms with Crippen LogP contribution in [0.25, 0.3) is 11.5 Å². The van der Waals surface area contributed by atoms with E-state index in [2.05, 4.69) is 63.4 Å². The van der Waals surface area contributed by atoms with Gasteiger partial charge in [-0.2, -0.15) is 15.0 Å². The molecule has 4 aromatic rings. The summed E-state index contributed by atoms with van der Waals surface area (Å²) in [6, 6.07) is 17.8. The lowest BCUT2D eigenvalue weighted by Crippen LogP contribution is -2.10. The number of nitrogens with two attached hydrogens (primary N) is 1. The fourth-order valence-corrected chi connectivity index (χ4v) is 3.45. The Kier molecular flexibility index (Phi) is 5.85. The van der Waals surface area contributed by atoms with Gasteiger partial charge < -0.3 is 15.5 Å². The molecule has 2 aromatic carbocycles. The SMILES string of the molecule is CC(C)(C)c1ccc(-c2nnc(SCc3nc(N)nc(Nc4ccccc4)n3)o2)cc1. The number of hydrogen-bond donors (Lipinski definition) is 2. The van der Waals surface area contributed by atoms with E-state index in [0.717, 1.165) is 11.3 Å². The Balaban J connectivity index is 1.43. The molecule has 0 amide bonds. The van der Waals surface area contributed by atoms with Gasteiger partial charge in [0.05, 0.1) is 5.75 Å². The van der Waals surface area contributed by atoms with Gasteiger partial charge in [-0.15, -0.1) is 10.2 Å². The van der Waals surface area contributed by atoms with Gasteiger partial charge in [0.15, 0.2) is 0 Å². The molecule has 8 nitrogen and oxygen atoms in total. The largest absolute Gasteiger partial charge is 0.411 e. The van der Waals surface area contributed by atoms with Crippen LogP contribution in [0.3, 0.4) is 0 Å². The zero-order chi connectivity index (χ0) is 21.8. The van der Waals surface area contributed by atoms with Crippen molar-refractivity contribution in [2.45, 2.75) is 37.2 Å². The first-order chi connectivity index (χ1) is 14.9. The topological polar surface area (TPSA) is 116 Å². The summed E-state index contributed by atoms with van der Waals surface area (Å²) in [4.78, 5) is 12.7. The molecule has 0 fully saturated rings. The molecule has 2 heterocycles. The number of nitrogens with one attached hydrogen (secondary N) is 1. The number of benzene rings is 2. The van der Waals surface area contributed by atoms with Crippen LogP contribution in [0.2, 0.25) is 0 Å². The van der Waals surface area contributed by atoms with Crippen molar-refractivity contribution in [3.05, 3.63) is 66.0 Å². The van der Waals surface area contributed by atoms with Gasteiger partial charge in [-0.1, -0.05) is 62.9 Å². The molecule has 3 N–H and O–H groups in total. The predicted octanol–water partition coefficient (Wildman–Crippen LogP) is 4.84. The quantitative estimate of drug-likeness (QED) is 0.412. The summed E-state index contributed by atoms with van der Waals surface area (Å²) in [5.74, 6) is 1.95. The van der Waals surface area contributed by atoms with Crippen LogP contribution >= 0.6 is 11.8 Å². The molecule has 0 radical (unpaired) electrons. The second kappa shape index (κ2) is 8.73. The first-order valence-electron chi connectivity index (χ1n) is 9.76. The van der Waals surface area contributed by atoms with E-state index >= 15 is 0 Å². The second-order valence-corrected chi connectivity index (χ2v) is 8.84. The van der Waals surface area contributed by atoms with Gasteiger partial charge in [-0.25, -0.2) is 0 Å². The maximum atomic E-state index is 5.84. The highest BCUT2D eigenvalue weighted by Crippen LogP contribution is 2.28. The molecular weight excluding hydrogens is 410 g/mol. The average Bonchev–Trinajstić information content (AvgIpc) is 3.21. The molecule has 2 aromatic heterocycles. The van der Waals surface area contributed by atoms with Crippen molar-refractivity contribution in [2.24, 2.45) is 0 Å². The fourth-order valence-electron chi connectivity index (χ4n) is 2.83. The van der Waals surface area contributed by atoms with Crippen molar-refractivity contribution < 1.29 is 4.42 Å². The van der Waals surface area contributed by atoms with E-state index in [1.807, 2.05) is 42.5 Å².